The molecule has 0 bridgehead atoms. The van der Waals surface area contributed by atoms with Gasteiger partial charge in [-0.15, -0.1) is 0 Å². The lowest BCUT2D eigenvalue weighted by Crippen LogP contribution is -1.91. The van der Waals surface area contributed by atoms with Gasteiger partial charge in [0.05, 0.1) is 0 Å². The van der Waals surface area contributed by atoms with E-state index in [-0.39, 0.29) is 0 Å². The van der Waals surface area contributed by atoms with Gasteiger partial charge in [0.1, 0.15) is 0 Å². The Balaban J connectivity index is 2.97. The molecule has 0 amide bonds. The number of hydrogen-bond acceptors (Lipinski definition) is 1. The summed E-state index contributed by atoms with van der Waals surface area (Å²) in [5.74, 6) is 2.44. The molecule has 0 rings (SSSR count). The lowest BCUT2D eigenvalue weighted by atomic mass is 10.0. The first-order chi connectivity index (χ1) is 11.3. The number of hydrogen-bond donors (Lipinski definition) is 0. The first kappa shape index (κ1) is 23.4. The van der Waals surface area contributed by atoms with Crippen LogP contribution in [0.2, 0.25) is 0 Å². The summed E-state index contributed by atoms with van der Waals surface area (Å²) < 4.78 is 0. The van der Waals surface area contributed by atoms with Gasteiger partial charge in [-0.2, -0.15) is 11.8 Å². The lowest BCUT2D eigenvalue weighted by molar-refractivity contribution is 0.532. The monoisotopic (exact) mass is 341 g/mol. The van der Waals surface area contributed by atoms with Crippen LogP contribution in [-0.4, -0.2) is 5.25 Å². The van der Waals surface area contributed by atoms with Crippen molar-refractivity contribution in [2.45, 2.75) is 135 Å². The molecule has 0 fully saturated rings. The Morgan fingerprint density at radius 1 is 0.609 bits per heavy atom. The summed E-state index contributed by atoms with van der Waals surface area (Å²) >= 11 is 2.04. The van der Waals surface area contributed by atoms with Crippen molar-refractivity contribution < 1.29 is 0 Å². The van der Waals surface area contributed by atoms with Gasteiger partial charge < -0.3 is 0 Å². The van der Waals surface area contributed by atoms with Crippen LogP contribution in [0.1, 0.15) is 130 Å². The quantitative estimate of drug-likeness (QED) is 0.211. The minimum atomic E-state index is 0.811. The second-order valence-corrected chi connectivity index (χ2v) is 8.67. The van der Waals surface area contributed by atoms with E-state index in [9.17, 15) is 0 Å². The highest BCUT2D eigenvalue weighted by Crippen LogP contribution is 2.20. The first-order valence-corrected chi connectivity index (χ1v) is 11.7. The van der Waals surface area contributed by atoms with E-state index in [0.717, 1.165) is 5.25 Å². The SMILES string of the molecule is CCCCCCCCCCCCCCCCC[CH]SC(C)CC. The summed E-state index contributed by atoms with van der Waals surface area (Å²) in [5, 5.41) is 0.811. The van der Waals surface area contributed by atoms with E-state index in [0.29, 0.717) is 0 Å². The van der Waals surface area contributed by atoms with E-state index < -0.39 is 0 Å². The van der Waals surface area contributed by atoms with Crippen LogP contribution in [0.25, 0.3) is 0 Å². The van der Waals surface area contributed by atoms with Gasteiger partial charge >= 0.3 is 0 Å². The molecule has 0 aromatic heterocycles. The molecule has 0 aromatic carbocycles. The molecular formula is C22H45S. The third kappa shape index (κ3) is 20.3. The van der Waals surface area contributed by atoms with Crippen molar-refractivity contribution >= 4 is 11.8 Å². The van der Waals surface area contributed by atoms with Crippen LogP contribution in [0.3, 0.4) is 0 Å². The Morgan fingerprint density at radius 2 is 1.00 bits per heavy atom. The third-order valence-corrected chi connectivity index (χ3v) is 6.06. The van der Waals surface area contributed by atoms with Crippen LogP contribution < -0.4 is 0 Å². The van der Waals surface area contributed by atoms with Crippen LogP contribution >= 0.6 is 11.8 Å². The van der Waals surface area contributed by atoms with Gasteiger partial charge in [-0.3, -0.25) is 0 Å². The third-order valence-electron chi connectivity index (χ3n) is 4.83. The summed E-state index contributed by atoms with van der Waals surface area (Å²) in [6.45, 7) is 6.90. The maximum absolute atomic E-state index is 2.44. The summed E-state index contributed by atoms with van der Waals surface area (Å²) in [4.78, 5) is 0. The molecular weight excluding hydrogens is 296 g/mol. The predicted molar refractivity (Wildman–Crippen MR) is 111 cm³/mol. The first-order valence-electron chi connectivity index (χ1n) is 10.8. The van der Waals surface area contributed by atoms with Gasteiger partial charge in [-0.05, 0) is 12.8 Å². The smallest absolute Gasteiger partial charge is 0.0169 e. The van der Waals surface area contributed by atoms with Crippen molar-refractivity contribution in [3.05, 3.63) is 5.75 Å². The van der Waals surface area contributed by atoms with Crippen LogP contribution in [0.15, 0.2) is 0 Å². The van der Waals surface area contributed by atoms with E-state index in [4.69, 9.17) is 0 Å². The zero-order valence-corrected chi connectivity index (χ0v) is 17.4. The molecule has 0 aromatic rings. The van der Waals surface area contributed by atoms with Crippen molar-refractivity contribution in [1.82, 2.24) is 0 Å². The van der Waals surface area contributed by atoms with Crippen LogP contribution in [0.5, 0.6) is 0 Å². The van der Waals surface area contributed by atoms with Gasteiger partial charge in [0.15, 0.2) is 0 Å². The van der Waals surface area contributed by atoms with Crippen molar-refractivity contribution in [3.63, 3.8) is 0 Å². The second kappa shape index (κ2) is 20.4. The Bertz CT molecular complexity index is 202. The highest BCUT2D eigenvalue weighted by atomic mass is 32.2. The molecule has 1 heteroatoms. The second-order valence-electron chi connectivity index (χ2n) is 7.26. The van der Waals surface area contributed by atoms with Crippen molar-refractivity contribution in [2.75, 3.05) is 0 Å². The van der Waals surface area contributed by atoms with Crippen LogP contribution in [0, 0.1) is 5.75 Å². The van der Waals surface area contributed by atoms with E-state index in [1.165, 1.54) is 109 Å². The molecule has 0 aliphatic heterocycles. The van der Waals surface area contributed by atoms with E-state index >= 15 is 0 Å². The van der Waals surface area contributed by atoms with Gasteiger partial charge in [0.25, 0.3) is 0 Å². The van der Waals surface area contributed by atoms with Gasteiger partial charge in [-0.25, -0.2) is 0 Å². The molecule has 1 unspecified atom stereocenters. The Morgan fingerprint density at radius 3 is 1.39 bits per heavy atom. The van der Waals surface area contributed by atoms with Crippen molar-refractivity contribution in [3.8, 4) is 0 Å². The topological polar surface area (TPSA) is 0 Å². The summed E-state index contributed by atoms with van der Waals surface area (Å²) in [6, 6.07) is 0. The molecule has 1 radical (unpaired) electrons. The molecule has 0 aliphatic rings. The average Bonchev–Trinajstić information content (AvgIpc) is 2.57. The molecule has 0 heterocycles. The summed E-state index contributed by atoms with van der Waals surface area (Å²) in [5.41, 5.74) is 0. The molecule has 0 N–H and O–H groups in total. The highest BCUT2D eigenvalue weighted by Gasteiger charge is 1.99. The average molecular weight is 342 g/mol. The van der Waals surface area contributed by atoms with E-state index in [1.54, 1.807) is 0 Å². The normalized spacial score (nSPS) is 12.7. The Hall–Kier alpha value is 0.350. The molecule has 0 spiro atoms. The maximum Gasteiger partial charge on any atom is 0.0169 e. The van der Waals surface area contributed by atoms with E-state index in [2.05, 4.69) is 26.5 Å². The zero-order chi connectivity index (χ0) is 17.0. The minimum Gasteiger partial charge on any atom is -0.154 e. The maximum atomic E-state index is 2.44. The number of rotatable bonds is 19. The summed E-state index contributed by atoms with van der Waals surface area (Å²) in [7, 11) is 0. The Kier molecular flexibility index (Phi) is 20.7. The van der Waals surface area contributed by atoms with Crippen LogP contribution in [-0.2, 0) is 0 Å². The lowest BCUT2D eigenvalue weighted by Gasteiger charge is -2.07. The fourth-order valence-corrected chi connectivity index (χ4v) is 3.75. The van der Waals surface area contributed by atoms with Crippen molar-refractivity contribution in [2.24, 2.45) is 0 Å². The standard InChI is InChI=1S/C22H45S/c1-4-6-7-8-9-10-11-12-13-14-15-16-17-18-19-20-21-23-22(3)5-2/h21-22H,4-20H2,1-3H3. The largest absolute Gasteiger partial charge is 0.154 e. The Labute approximate surface area is 153 Å². The number of unbranched alkanes of at least 4 members (excludes halogenated alkanes) is 15. The number of thioether (sulfide) groups is 1. The molecule has 0 saturated heterocycles. The minimum absolute atomic E-state index is 0.811. The van der Waals surface area contributed by atoms with Gasteiger partial charge in [0.2, 0.25) is 0 Å². The molecule has 0 saturated carbocycles. The molecule has 23 heavy (non-hydrogen) atoms. The molecule has 0 aliphatic carbocycles. The summed E-state index contributed by atoms with van der Waals surface area (Å²) in [6.07, 6.45) is 24.5. The fourth-order valence-electron chi connectivity index (χ4n) is 2.93. The van der Waals surface area contributed by atoms with Gasteiger partial charge in [-0.1, -0.05) is 117 Å². The predicted octanol–water partition coefficient (Wildman–Crippen LogP) is 8.94. The fraction of sp³-hybridized carbons (Fsp3) is 0.955. The van der Waals surface area contributed by atoms with E-state index in [1.807, 2.05) is 11.8 Å². The highest BCUT2D eigenvalue weighted by molar-refractivity contribution is 8.01. The molecule has 139 valence electrons. The van der Waals surface area contributed by atoms with Crippen LogP contribution in [0.4, 0.5) is 0 Å². The zero-order valence-electron chi connectivity index (χ0n) is 16.6. The van der Waals surface area contributed by atoms with Gasteiger partial charge in [0, 0.05) is 11.0 Å². The molecule has 1 atom stereocenters. The van der Waals surface area contributed by atoms with Crippen molar-refractivity contribution in [1.29, 1.82) is 0 Å². The molecule has 0 nitrogen and oxygen atoms in total.